The van der Waals surface area contributed by atoms with E-state index in [9.17, 15) is 4.39 Å². The highest BCUT2D eigenvalue weighted by molar-refractivity contribution is 9.10. The predicted molar refractivity (Wildman–Crippen MR) is 79.6 cm³/mol. The second-order valence-corrected chi connectivity index (χ2v) is 5.31. The molecule has 1 heterocycles. The van der Waals surface area contributed by atoms with Crippen molar-refractivity contribution in [3.8, 4) is 0 Å². The Morgan fingerprint density at radius 3 is 2.84 bits per heavy atom. The van der Waals surface area contributed by atoms with E-state index in [1.165, 1.54) is 12.1 Å². The van der Waals surface area contributed by atoms with Gasteiger partial charge in [0.25, 0.3) is 0 Å². The van der Waals surface area contributed by atoms with Gasteiger partial charge in [-0.05, 0) is 42.0 Å². The van der Waals surface area contributed by atoms with E-state index < -0.39 is 0 Å². The van der Waals surface area contributed by atoms with Crippen LogP contribution in [0.5, 0.6) is 0 Å². The number of hydrogen-bond acceptors (Lipinski definition) is 1. The fraction of sp³-hybridized carbons (Fsp3) is 0.0667. The number of anilines is 1. The highest BCUT2D eigenvalue weighted by atomic mass is 79.9. The van der Waals surface area contributed by atoms with Crippen LogP contribution in [0.1, 0.15) is 5.56 Å². The molecule has 0 radical (unpaired) electrons. The molecule has 0 aliphatic carbocycles. The third kappa shape index (κ3) is 2.24. The highest BCUT2D eigenvalue weighted by Crippen LogP contribution is 2.26. The van der Waals surface area contributed by atoms with E-state index in [1.54, 1.807) is 6.07 Å². The molecule has 0 saturated carbocycles. The number of benzene rings is 2. The Bertz CT molecular complexity index is 749. The van der Waals surface area contributed by atoms with E-state index >= 15 is 0 Å². The Kier molecular flexibility index (Phi) is 3.03. The first-order valence-corrected chi connectivity index (χ1v) is 6.72. The van der Waals surface area contributed by atoms with Crippen molar-refractivity contribution in [3.63, 3.8) is 0 Å². The van der Waals surface area contributed by atoms with E-state index in [1.807, 2.05) is 30.5 Å². The summed E-state index contributed by atoms with van der Waals surface area (Å²) in [6.07, 6.45) is 1.99. The van der Waals surface area contributed by atoms with E-state index in [-0.39, 0.29) is 5.82 Å². The molecule has 0 bridgehead atoms. The first-order chi connectivity index (χ1) is 9.15. The molecule has 4 heteroatoms. The number of aromatic nitrogens is 1. The number of nitrogens with zero attached hydrogens (tertiary/aromatic N) is 1. The van der Waals surface area contributed by atoms with E-state index in [0.717, 1.165) is 20.9 Å². The number of fused-ring (bicyclic) bond motifs is 1. The molecule has 0 atom stereocenters. The fourth-order valence-electron chi connectivity index (χ4n) is 2.22. The molecular weight excluding hydrogens is 307 g/mol. The maximum atomic E-state index is 13.3. The maximum Gasteiger partial charge on any atom is 0.123 e. The molecule has 0 aliphatic rings. The van der Waals surface area contributed by atoms with Gasteiger partial charge in [-0.15, -0.1) is 0 Å². The zero-order chi connectivity index (χ0) is 13.4. The predicted octanol–water partition coefficient (Wildman–Crippen LogP) is 4.17. The Balaban J connectivity index is 2.06. The van der Waals surface area contributed by atoms with Gasteiger partial charge in [0.1, 0.15) is 5.82 Å². The monoisotopic (exact) mass is 318 g/mol. The summed E-state index contributed by atoms with van der Waals surface area (Å²) in [5.41, 5.74) is 8.38. The molecule has 3 aromatic rings. The molecule has 0 fully saturated rings. The lowest BCUT2D eigenvalue weighted by atomic mass is 10.1. The van der Waals surface area contributed by atoms with Crippen LogP contribution >= 0.6 is 15.9 Å². The fourth-order valence-corrected chi connectivity index (χ4v) is 2.71. The molecular formula is C15H12BrFN2. The van der Waals surface area contributed by atoms with Crippen LogP contribution in [0, 0.1) is 5.82 Å². The molecule has 0 spiro atoms. The molecule has 2 aromatic carbocycles. The van der Waals surface area contributed by atoms with E-state index in [2.05, 4.69) is 20.5 Å². The molecule has 0 unspecified atom stereocenters. The van der Waals surface area contributed by atoms with Gasteiger partial charge in [0.15, 0.2) is 0 Å². The SMILES string of the molecule is Nc1ccc(F)cc1Cn1ccc2c(Br)cccc21. The van der Waals surface area contributed by atoms with Gasteiger partial charge in [-0.1, -0.05) is 22.0 Å². The lowest BCUT2D eigenvalue weighted by Gasteiger charge is -2.09. The van der Waals surface area contributed by atoms with Crippen molar-refractivity contribution in [1.82, 2.24) is 4.57 Å². The quantitative estimate of drug-likeness (QED) is 0.706. The summed E-state index contributed by atoms with van der Waals surface area (Å²) in [4.78, 5) is 0. The van der Waals surface area contributed by atoms with Gasteiger partial charge in [0.2, 0.25) is 0 Å². The lowest BCUT2D eigenvalue weighted by Crippen LogP contribution is -2.02. The lowest BCUT2D eigenvalue weighted by molar-refractivity contribution is 0.624. The minimum absolute atomic E-state index is 0.262. The second-order valence-electron chi connectivity index (χ2n) is 4.46. The van der Waals surface area contributed by atoms with Crippen molar-refractivity contribution in [2.75, 3.05) is 5.73 Å². The largest absolute Gasteiger partial charge is 0.398 e. The Hall–Kier alpha value is -1.81. The zero-order valence-electron chi connectivity index (χ0n) is 10.1. The Labute approximate surface area is 118 Å². The summed E-state index contributed by atoms with van der Waals surface area (Å²) < 4.78 is 16.4. The number of halogens is 2. The van der Waals surface area contributed by atoms with Gasteiger partial charge >= 0.3 is 0 Å². The molecule has 0 aliphatic heterocycles. The Morgan fingerprint density at radius 2 is 2.00 bits per heavy atom. The van der Waals surface area contributed by atoms with Crippen molar-refractivity contribution in [2.45, 2.75) is 6.54 Å². The molecule has 2 nitrogen and oxygen atoms in total. The third-order valence-electron chi connectivity index (χ3n) is 3.21. The summed E-state index contributed by atoms with van der Waals surface area (Å²) in [7, 11) is 0. The van der Waals surface area contributed by atoms with Crippen LogP contribution in [0.25, 0.3) is 10.9 Å². The molecule has 19 heavy (non-hydrogen) atoms. The van der Waals surface area contributed by atoms with E-state index in [0.29, 0.717) is 12.2 Å². The van der Waals surface area contributed by atoms with Gasteiger partial charge in [0.05, 0.1) is 0 Å². The van der Waals surface area contributed by atoms with Crippen molar-refractivity contribution in [3.05, 3.63) is 64.5 Å². The van der Waals surface area contributed by atoms with Gasteiger partial charge in [-0.25, -0.2) is 4.39 Å². The van der Waals surface area contributed by atoms with Crippen molar-refractivity contribution in [1.29, 1.82) is 0 Å². The second kappa shape index (κ2) is 4.70. The van der Waals surface area contributed by atoms with Crippen LogP contribution in [0.3, 0.4) is 0 Å². The molecule has 1 aromatic heterocycles. The summed E-state index contributed by atoms with van der Waals surface area (Å²) >= 11 is 3.52. The van der Waals surface area contributed by atoms with Crippen molar-refractivity contribution >= 4 is 32.5 Å². The minimum Gasteiger partial charge on any atom is -0.398 e. The van der Waals surface area contributed by atoms with Crippen LogP contribution in [-0.4, -0.2) is 4.57 Å². The first kappa shape index (κ1) is 12.2. The normalized spacial score (nSPS) is 11.1. The summed E-state index contributed by atoms with van der Waals surface area (Å²) in [6, 6.07) is 12.5. The molecule has 2 N–H and O–H groups in total. The number of rotatable bonds is 2. The topological polar surface area (TPSA) is 30.9 Å². The first-order valence-electron chi connectivity index (χ1n) is 5.92. The Morgan fingerprint density at radius 1 is 1.16 bits per heavy atom. The number of hydrogen-bond donors (Lipinski definition) is 1. The maximum absolute atomic E-state index is 13.3. The number of nitrogen functional groups attached to an aromatic ring is 1. The summed E-state index contributed by atoms with van der Waals surface area (Å²) in [6.45, 7) is 0.559. The van der Waals surface area contributed by atoms with Gasteiger partial charge in [-0.3, -0.25) is 0 Å². The highest BCUT2D eigenvalue weighted by Gasteiger charge is 2.07. The van der Waals surface area contributed by atoms with E-state index in [4.69, 9.17) is 5.73 Å². The standard InChI is InChI=1S/C15H12BrFN2/c16-13-2-1-3-15-12(13)6-7-19(15)9-10-8-11(17)4-5-14(10)18/h1-8H,9,18H2. The molecule has 0 amide bonds. The van der Waals surface area contributed by atoms with Gasteiger partial charge in [0, 0.05) is 33.8 Å². The summed E-state index contributed by atoms with van der Waals surface area (Å²) in [5.74, 6) is -0.262. The van der Waals surface area contributed by atoms with Crippen LogP contribution in [-0.2, 0) is 6.54 Å². The van der Waals surface area contributed by atoms with Crippen molar-refractivity contribution < 1.29 is 4.39 Å². The van der Waals surface area contributed by atoms with Gasteiger partial charge < -0.3 is 10.3 Å². The molecule has 96 valence electrons. The minimum atomic E-state index is -0.262. The smallest absolute Gasteiger partial charge is 0.123 e. The van der Waals surface area contributed by atoms with Crippen LogP contribution in [0.2, 0.25) is 0 Å². The average molecular weight is 319 g/mol. The van der Waals surface area contributed by atoms with Crippen LogP contribution in [0.15, 0.2) is 53.1 Å². The molecule has 3 rings (SSSR count). The third-order valence-corrected chi connectivity index (χ3v) is 3.90. The summed E-state index contributed by atoms with van der Waals surface area (Å²) in [5, 5.41) is 1.14. The number of nitrogens with two attached hydrogens (primary N) is 1. The van der Waals surface area contributed by atoms with Crippen LogP contribution < -0.4 is 5.73 Å². The average Bonchev–Trinajstić information content (AvgIpc) is 2.79. The van der Waals surface area contributed by atoms with Crippen LogP contribution in [0.4, 0.5) is 10.1 Å². The van der Waals surface area contributed by atoms with Crippen molar-refractivity contribution in [2.24, 2.45) is 0 Å². The van der Waals surface area contributed by atoms with Gasteiger partial charge in [-0.2, -0.15) is 0 Å². The zero-order valence-corrected chi connectivity index (χ0v) is 11.7. The molecule has 0 saturated heterocycles.